The number of carbonyl (C=O) groups is 2. The van der Waals surface area contributed by atoms with Crippen molar-refractivity contribution in [3.8, 4) is 23.0 Å². The van der Waals surface area contributed by atoms with E-state index in [2.05, 4.69) is 0 Å². The second-order valence-corrected chi connectivity index (χ2v) is 8.91. The van der Waals surface area contributed by atoms with Gasteiger partial charge in [0.1, 0.15) is 41.3 Å². The van der Waals surface area contributed by atoms with E-state index in [4.69, 9.17) is 18.9 Å². The molecule has 1 saturated heterocycles. The van der Waals surface area contributed by atoms with Gasteiger partial charge < -0.3 is 44.5 Å². The second kappa shape index (κ2) is 8.18. The summed E-state index contributed by atoms with van der Waals surface area (Å²) in [5, 5.41) is 49.6. The molecule has 0 aromatic heterocycles. The number of aliphatic hydroxyl groups excluding tert-OH is 3. The summed E-state index contributed by atoms with van der Waals surface area (Å²) in [7, 11) is 0. The lowest BCUT2D eigenvalue weighted by atomic mass is 9.77. The maximum Gasteiger partial charge on any atom is 0.340 e. The second-order valence-electron chi connectivity index (χ2n) is 8.91. The first-order valence-electron chi connectivity index (χ1n) is 11.3. The smallest absolute Gasteiger partial charge is 0.340 e. The Morgan fingerprint density at radius 1 is 0.865 bits per heavy atom. The number of esters is 1. The molecule has 1 spiro atoms. The molecule has 0 radical (unpaired) electrons. The van der Waals surface area contributed by atoms with Crippen molar-refractivity contribution in [2.24, 2.45) is 0 Å². The van der Waals surface area contributed by atoms with E-state index in [-0.39, 0.29) is 23.0 Å². The molecule has 3 heterocycles. The van der Waals surface area contributed by atoms with E-state index in [9.17, 15) is 35.1 Å². The number of carbonyl (C=O) groups excluding carboxylic acids is 1. The fraction of sp³-hybridized carbons (Fsp3) is 0.231. The highest BCUT2D eigenvalue weighted by molar-refractivity contribution is 5.97. The standard InChI is InChI=1S/C26H20O11/c27-11-5-7-15-17(9-11)35-18-10-12(34-25-21(30)19(28)20(29)22(36-25)23(31)32)6-8-16(18)26(15)14-4-2-1-3-13(14)24(33)37-26/h1-10,19-22,25,27-30H,(H,31,32)/t19-,20-,21+,22-,25+,26+/m0/s1. The SMILES string of the molecule is O=C1O[C@@]2(c3ccc(O)cc3Oc3cc(O[C@@H]4O[C@H](C(=O)O)[C@@H](O)[C@H](O)[C@H]4O)ccc32)c2ccccc21. The highest BCUT2D eigenvalue weighted by atomic mass is 16.7. The summed E-state index contributed by atoms with van der Waals surface area (Å²) in [6, 6.07) is 15.8. The van der Waals surface area contributed by atoms with Gasteiger partial charge >= 0.3 is 11.9 Å². The highest BCUT2D eigenvalue weighted by Gasteiger charge is 2.54. The Balaban J connectivity index is 1.43. The first kappa shape index (κ1) is 23.3. The molecular formula is C26H20O11. The average Bonchev–Trinajstić information content (AvgIpc) is 3.16. The molecular weight excluding hydrogens is 488 g/mol. The van der Waals surface area contributed by atoms with Crippen molar-refractivity contribution < 1.29 is 54.1 Å². The van der Waals surface area contributed by atoms with Crippen LogP contribution >= 0.6 is 0 Å². The number of hydrogen-bond acceptors (Lipinski definition) is 10. The molecule has 3 aliphatic heterocycles. The van der Waals surface area contributed by atoms with Crippen LogP contribution in [0, 0.1) is 0 Å². The van der Waals surface area contributed by atoms with Gasteiger partial charge in [0, 0.05) is 28.8 Å². The molecule has 3 aromatic rings. The van der Waals surface area contributed by atoms with Crippen molar-refractivity contribution >= 4 is 11.9 Å². The van der Waals surface area contributed by atoms with Gasteiger partial charge in [0.2, 0.25) is 6.29 Å². The Morgan fingerprint density at radius 3 is 2.32 bits per heavy atom. The predicted molar refractivity (Wildman–Crippen MR) is 121 cm³/mol. The third kappa shape index (κ3) is 3.36. The Labute approximate surface area is 208 Å². The Bertz CT molecular complexity index is 1440. The fourth-order valence-electron chi connectivity index (χ4n) is 5.00. The average molecular weight is 508 g/mol. The number of aromatic hydroxyl groups is 1. The minimum atomic E-state index is -1.86. The molecule has 3 aliphatic rings. The molecule has 3 aromatic carbocycles. The van der Waals surface area contributed by atoms with E-state index >= 15 is 0 Å². The van der Waals surface area contributed by atoms with Crippen LogP contribution in [-0.4, -0.2) is 68.2 Å². The van der Waals surface area contributed by atoms with Crippen LogP contribution in [0.1, 0.15) is 27.0 Å². The van der Waals surface area contributed by atoms with Crippen LogP contribution < -0.4 is 9.47 Å². The van der Waals surface area contributed by atoms with Crippen LogP contribution in [0.25, 0.3) is 0 Å². The van der Waals surface area contributed by atoms with Gasteiger partial charge in [-0.1, -0.05) is 18.2 Å². The number of hydrogen-bond donors (Lipinski definition) is 5. The summed E-state index contributed by atoms with van der Waals surface area (Å²) in [4.78, 5) is 24.3. The van der Waals surface area contributed by atoms with E-state index in [0.717, 1.165) is 0 Å². The van der Waals surface area contributed by atoms with Gasteiger partial charge in [0.25, 0.3) is 0 Å². The minimum absolute atomic E-state index is 0.0619. The topological polar surface area (TPSA) is 172 Å². The zero-order valence-corrected chi connectivity index (χ0v) is 18.8. The van der Waals surface area contributed by atoms with Crippen LogP contribution in [0.15, 0.2) is 60.7 Å². The van der Waals surface area contributed by atoms with Gasteiger partial charge in [0.15, 0.2) is 11.7 Å². The maximum absolute atomic E-state index is 12.9. The number of carboxylic acids is 1. The summed E-state index contributed by atoms with van der Waals surface area (Å²) >= 11 is 0. The number of fused-ring (bicyclic) bond motifs is 6. The minimum Gasteiger partial charge on any atom is -0.508 e. The van der Waals surface area contributed by atoms with E-state index in [0.29, 0.717) is 22.3 Å². The molecule has 5 N–H and O–H groups in total. The van der Waals surface area contributed by atoms with Crippen molar-refractivity contribution in [1.29, 1.82) is 0 Å². The van der Waals surface area contributed by atoms with Crippen LogP contribution in [0.3, 0.4) is 0 Å². The fourth-order valence-corrected chi connectivity index (χ4v) is 5.00. The van der Waals surface area contributed by atoms with Gasteiger partial charge in [-0.05, 0) is 30.3 Å². The summed E-state index contributed by atoms with van der Waals surface area (Å²) in [5.74, 6) is -1.66. The van der Waals surface area contributed by atoms with E-state index < -0.39 is 48.2 Å². The van der Waals surface area contributed by atoms with Gasteiger partial charge in [-0.3, -0.25) is 0 Å². The Kier molecular flexibility index (Phi) is 5.14. The number of phenolic OH excluding ortho intramolecular Hbond substituents is 1. The largest absolute Gasteiger partial charge is 0.508 e. The zero-order chi connectivity index (χ0) is 26.1. The molecule has 6 atom stereocenters. The monoisotopic (exact) mass is 508 g/mol. The van der Waals surface area contributed by atoms with Gasteiger partial charge in [-0.2, -0.15) is 0 Å². The molecule has 6 rings (SSSR count). The van der Waals surface area contributed by atoms with E-state index in [1.54, 1.807) is 36.4 Å². The third-order valence-electron chi connectivity index (χ3n) is 6.73. The first-order valence-corrected chi connectivity index (χ1v) is 11.3. The Hall–Kier alpha value is -4.16. The summed E-state index contributed by atoms with van der Waals surface area (Å²) in [5.41, 5.74) is 0.536. The highest BCUT2D eigenvalue weighted by Crippen LogP contribution is 2.57. The quantitative estimate of drug-likeness (QED) is 0.322. The molecule has 11 nitrogen and oxygen atoms in total. The molecule has 0 aliphatic carbocycles. The van der Waals surface area contributed by atoms with E-state index in [1.165, 1.54) is 24.3 Å². The number of rotatable bonds is 3. The molecule has 190 valence electrons. The number of ether oxygens (including phenoxy) is 4. The van der Waals surface area contributed by atoms with Crippen LogP contribution in [-0.2, 0) is 19.9 Å². The van der Waals surface area contributed by atoms with Gasteiger partial charge in [-0.15, -0.1) is 0 Å². The van der Waals surface area contributed by atoms with Gasteiger partial charge in [0.05, 0.1) is 5.56 Å². The lowest BCUT2D eigenvalue weighted by Gasteiger charge is -2.39. The molecule has 0 bridgehead atoms. The molecule has 1 fully saturated rings. The van der Waals surface area contributed by atoms with Crippen LogP contribution in [0.2, 0.25) is 0 Å². The number of aliphatic carboxylic acids is 1. The molecule has 37 heavy (non-hydrogen) atoms. The predicted octanol–water partition coefficient (Wildman–Crippen LogP) is 1.23. The third-order valence-corrected chi connectivity index (χ3v) is 6.73. The lowest BCUT2D eigenvalue weighted by molar-refractivity contribution is -0.271. The zero-order valence-electron chi connectivity index (χ0n) is 18.8. The first-order chi connectivity index (χ1) is 17.7. The molecule has 0 saturated carbocycles. The van der Waals surface area contributed by atoms with E-state index in [1.807, 2.05) is 0 Å². The van der Waals surface area contributed by atoms with Crippen LogP contribution in [0.5, 0.6) is 23.0 Å². The number of benzene rings is 3. The van der Waals surface area contributed by atoms with Crippen molar-refractivity contribution in [1.82, 2.24) is 0 Å². The maximum atomic E-state index is 12.9. The summed E-state index contributed by atoms with van der Waals surface area (Å²) < 4.78 is 22.9. The van der Waals surface area contributed by atoms with Crippen molar-refractivity contribution in [3.63, 3.8) is 0 Å². The number of phenols is 1. The normalized spacial score (nSPS) is 29.5. The van der Waals surface area contributed by atoms with Gasteiger partial charge in [-0.25, -0.2) is 9.59 Å². The summed E-state index contributed by atoms with van der Waals surface area (Å²) in [6.45, 7) is 0. The van der Waals surface area contributed by atoms with Crippen LogP contribution in [0.4, 0.5) is 0 Å². The summed E-state index contributed by atoms with van der Waals surface area (Å²) in [6.07, 6.45) is -8.91. The number of carboxylic acid groups (broad SMARTS) is 1. The molecule has 0 amide bonds. The molecule has 0 unspecified atom stereocenters. The lowest BCUT2D eigenvalue weighted by Crippen LogP contribution is -2.61. The van der Waals surface area contributed by atoms with Crippen molar-refractivity contribution in [2.45, 2.75) is 36.3 Å². The Morgan fingerprint density at radius 2 is 1.57 bits per heavy atom. The number of aliphatic hydroxyl groups is 3. The van der Waals surface area contributed by atoms with Crippen molar-refractivity contribution in [3.05, 3.63) is 82.9 Å². The molecule has 11 heteroatoms. The van der Waals surface area contributed by atoms with Crippen molar-refractivity contribution in [2.75, 3.05) is 0 Å².